The van der Waals surface area contributed by atoms with Crippen LogP contribution in [0.15, 0.2) is 147 Å². The van der Waals surface area contributed by atoms with Crippen LogP contribution in [0.3, 0.4) is 0 Å². The molecule has 1 saturated heterocycles. The van der Waals surface area contributed by atoms with Crippen molar-refractivity contribution in [3.05, 3.63) is 213 Å². The fourth-order valence-corrected chi connectivity index (χ4v) is 13.7. The highest BCUT2D eigenvalue weighted by Crippen LogP contribution is 2.49. The number of Topliss-reactive ketones (excluding diaryl/α,β-unsaturated/α-hetero) is 3. The second-order valence-electron chi connectivity index (χ2n) is 26.0. The van der Waals surface area contributed by atoms with Crippen molar-refractivity contribution in [1.82, 2.24) is 39.5 Å². The van der Waals surface area contributed by atoms with Gasteiger partial charge in [0.25, 0.3) is 0 Å². The van der Waals surface area contributed by atoms with E-state index >= 15 is 0 Å². The molecule has 448 valence electrons. The molecule has 1 fully saturated rings. The predicted molar refractivity (Wildman–Crippen MR) is 334 cm³/mol. The summed E-state index contributed by atoms with van der Waals surface area (Å²) in [5, 5.41) is 39.2. The predicted octanol–water partition coefficient (Wildman–Crippen LogP) is 12.4. The number of fused-ring (bicyclic) bond motifs is 6. The first-order valence-corrected chi connectivity index (χ1v) is 35.3. The van der Waals surface area contributed by atoms with Crippen molar-refractivity contribution in [2.75, 3.05) is 0 Å². The van der Waals surface area contributed by atoms with Crippen LogP contribution in [0.2, 0.25) is 36.3 Å². The quantitative estimate of drug-likeness (QED) is 0.0629. The van der Waals surface area contributed by atoms with Crippen molar-refractivity contribution in [2.45, 2.75) is 180 Å². The van der Waals surface area contributed by atoms with Crippen LogP contribution in [0.1, 0.15) is 168 Å². The van der Waals surface area contributed by atoms with Crippen molar-refractivity contribution in [3.8, 4) is 0 Å². The Bertz CT molecular complexity index is 3610. The molecule has 0 bridgehead atoms. The fraction of sp³-hybridized carbons (Fsp3) is 0.418. The number of carbonyl (C=O) groups is 3. The first-order chi connectivity index (χ1) is 40.2. The summed E-state index contributed by atoms with van der Waals surface area (Å²) in [5.74, 6) is 0.0696. The Morgan fingerprint density at radius 3 is 1.34 bits per heavy atom. The molecule has 16 nitrogen and oxygen atoms in total. The molecule has 0 spiro atoms. The van der Waals surface area contributed by atoms with Crippen LogP contribution in [-0.2, 0) is 45.9 Å². The highest BCUT2D eigenvalue weighted by molar-refractivity contribution is 6.74. The number of nitrogens with one attached hydrogen (secondary N) is 1. The molecule has 0 radical (unpaired) electrons. The van der Waals surface area contributed by atoms with E-state index < -0.39 is 22.7 Å². The Hall–Kier alpha value is -7.04. The molecule has 4 aromatic heterocycles. The molecule has 5 heterocycles. The number of ketones is 3. The minimum atomic E-state index is -1.91. The molecule has 1 aliphatic heterocycles. The minimum absolute atomic E-state index is 0.0120. The molecule has 4 aromatic carbocycles. The first-order valence-electron chi connectivity index (χ1n) is 29.5. The number of carbonyl (C=O) groups excluding carboxylic acids is 3. The average Bonchev–Trinajstić information content (AvgIpc) is 2.53. The van der Waals surface area contributed by atoms with Gasteiger partial charge >= 0.3 is 0 Å². The monoisotopic (exact) mass is 1180 g/mol. The minimum Gasteiger partial charge on any atom is -0.411 e. The molecule has 4 aliphatic carbocycles. The normalized spacial score (nSPS) is 21.4. The molecule has 0 amide bonds. The number of hydrogen-bond acceptors (Lipinski definition) is 12. The van der Waals surface area contributed by atoms with Gasteiger partial charge in [-0.3, -0.25) is 33.5 Å². The third kappa shape index (κ3) is 14.1. The smallest absolute Gasteiger partial charge is 0.192 e. The summed E-state index contributed by atoms with van der Waals surface area (Å²) in [6, 6.07) is 33.4. The molecule has 5 aliphatic rings. The van der Waals surface area contributed by atoms with Gasteiger partial charge in [0.05, 0.1) is 72.5 Å². The van der Waals surface area contributed by atoms with Crippen molar-refractivity contribution in [2.24, 2.45) is 0 Å². The fourth-order valence-electron chi connectivity index (χ4n) is 11.1. The van der Waals surface area contributed by atoms with Gasteiger partial charge in [-0.2, -0.15) is 20.4 Å². The second-order valence-corrected chi connectivity index (χ2v) is 35.5. The molecule has 8 aromatic rings. The summed E-state index contributed by atoms with van der Waals surface area (Å²) < 4.78 is 24.5. The van der Waals surface area contributed by atoms with Gasteiger partial charge in [-0.25, -0.2) is 0 Å². The molecule has 13 rings (SSSR count). The van der Waals surface area contributed by atoms with Crippen LogP contribution in [0.25, 0.3) is 0 Å². The lowest BCUT2D eigenvalue weighted by Gasteiger charge is -2.40. The van der Waals surface area contributed by atoms with Crippen LogP contribution in [0, 0.1) is 0 Å². The number of benzene rings is 4. The third-order valence-electron chi connectivity index (χ3n) is 17.9. The largest absolute Gasteiger partial charge is 0.411 e. The number of nitrogens with zero attached hydrogens (tertiary/aromatic N) is 7. The van der Waals surface area contributed by atoms with E-state index in [1.54, 1.807) is 42.6 Å². The Kier molecular flexibility index (Phi) is 18.8. The van der Waals surface area contributed by atoms with Crippen molar-refractivity contribution in [3.63, 3.8) is 0 Å². The lowest BCUT2D eigenvalue weighted by atomic mass is 10.1. The van der Waals surface area contributed by atoms with E-state index in [4.69, 9.17) is 13.6 Å². The number of epoxide rings is 1. The highest BCUT2D eigenvalue weighted by atomic mass is 28.4. The lowest BCUT2D eigenvalue weighted by molar-refractivity contribution is 0.100. The summed E-state index contributed by atoms with van der Waals surface area (Å²) in [7, 11) is -3.78. The summed E-state index contributed by atoms with van der Waals surface area (Å²) in [4.78, 5) is 33.4. The van der Waals surface area contributed by atoms with Gasteiger partial charge in [-0.15, -0.1) is 0 Å². The molecule has 8 unspecified atom stereocenters. The van der Waals surface area contributed by atoms with Crippen LogP contribution >= 0.6 is 0 Å². The maximum Gasteiger partial charge on any atom is 0.192 e. The number of hydrogen-bond donors (Lipinski definition) is 3. The highest BCUT2D eigenvalue weighted by Gasteiger charge is 2.48. The van der Waals surface area contributed by atoms with Crippen LogP contribution in [0.5, 0.6) is 0 Å². The molecule has 85 heavy (non-hydrogen) atoms. The Morgan fingerprint density at radius 2 is 0.953 bits per heavy atom. The zero-order valence-electron chi connectivity index (χ0n) is 51.5. The molecule has 8 atom stereocenters. The van der Waals surface area contributed by atoms with E-state index in [1.807, 2.05) is 46.0 Å². The van der Waals surface area contributed by atoms with Gasteiger partial charge in [-0.1, -0.05) is 139 Å². The number of ether oxygens (including phenoxy) is 1. The SMILES string of the molecule is CC(=O)c1cn[nH]c1.CC(=O)c1cnn(C2c3ccccc3CC2O)c1.CC(=O)c1cnn(C2c3ccccc3CC2O[Si](C)(C)C(C)(C)C)c1.CC(C)(C)[Si](C)(C)OC1Cc2ccccc2C1n1cc(CO)cn1.c1ccc2c(c1)CC1OC21. The maximum absolute atomic E-state index is 11.7. The molecule has 18 heteroatoms. The molecule has 0 saturated carbocycles. The average molecular weight is 1190 g/mol. The Balaban J connectivity index is 0.000000134. The zero-order chi connectivity index (χ0) is 61.2. The number of aliphatic hydroxyl groups excluding tert-OH is 2. The van der Waals surface area contributed by atoms with Gasteiger partial charge in [0.1, 0.15) is 24.2 Å². The van der Waals surface area contributed by atoms with Crippen LogP contribution in [0.4, 0.5) is 0 Å². The molecular weight excluding hydrogens is 1100 g/mol. The van der Waals surface area contributed by atoms with E-state index in [1.165, 1.54) is 53.4 Å². The summed E-state index contributed by atoms with van der Waals surface area (Å²) >= 11 is 0. The van der Waals surface area contributed by atoms with Gasteiger partial charge in [0, 0.05) is 56.0 Å². The van der Waals surface area contributed by atoms with Crippen LogP contribution < -0.4 is 0 Å². The zero-order valence-corrected chi connectivity index (χ0v) is 53.5. The number of aromatic amines is 1. The van der Waals surface area contributed by atoms with E-state index in [-0.39, 0.29) is 64.4 Å². The first kappa shape index (κ1) is 62.5. The van der Waals surface area contributed by atoms with Crippen molar-refractivity contribution in [1.29, 1.82) is 0 Å². The maximum atomic E-state index is 11.7. The van der Waals surface area contributed by atoms with Crippen molar-refractivity contribution < 1.29 is 38.2 Å². The molecule has 3 N–H and O–H groups in total. The van der Waals surface area contributed by atoms with E-state index in [9.17, 15) is 24.6 Å². The second kappa shape index (κ2) is 25.5. The standard InChI is InChI=1S/C20H28N2O2Si.C19H28N2O2Si.C14H14N2O2.C9H8O.C5H6N2O/c1-14(23)16-12-21-22(13-16)19-17-10-8-7-9-15(17)11-18(19)24-25(5,6)20(2,3)4;1-19(2,3)24(4,5)23-17-10-15-8-6-7-9-16(15)18(17)21-12-14(13-22)11-20-21;1-9(17)11-7-15-16(8-11)14-12-5-3-2-4-10(12)6-13(14)18;1-2-4-7-6(3-1)5-8-9(7)10-8;1-4(8)5-2-6-7-3-5/h7-10,12-13,18-19H,11H2,1-6H3;6-9,11-12,17-18,22H,10,13H2,1-5H3;2-5,7-8,13-14,18H,6H2,1H3;1-4,8-9H,5H2;2-3H,1H3,(H,6,7). The van der Waals surface area contributed by atoms with Gasteiger partial charge in [0.15, 0.2) is 34.0 Å². The summed E-state index contributed by atoms with van der Waals surface area (Å²) in [5.41, 5.74) is 13.0. The van der Waals surface area contributed by atoms with Gasteiger partial charge < -0.3 is 23.8 Å². The number of aromatic nitrogens is 8. The number of aliphatic hydroxyl groups is 2. The molecular formula is C67H84N8O8Si2. The number of rotatable bonds is 11. The van der Waals surface area contributed by atoms with E-state index in [0.717, 1.165) is 36.0 Å². The summed E-state index contributed by atoms with van der Waals surface area (Å²) in [6.45, 7) is 27.4. The Morgan fingerprint density at radius 1 is 0.553 bits per heavy atom. The number of H-pyrrole nitrogens is 1. The Labute approximate surface area is 502 Å². The lowest BCUT2D eigenvalue weighted by Crippen LogP contribution is -2.45. The topological polar surface area (TPSA) is 205 Å². The van der Waals surface area contributed by atoms with Gasteiger partial charge in [0.2, 0.25) is 0 Å². The van der Waals surface area contributed by atoms with E-state index in [0.29, 0.717) is 35.3 Å². The summed E-state index contributed by atoms with van der Waals surface area (Å²) in [6.07, 6.45) is 17.8. The van der Waals surface area contributed by atoms with Gasteiger partial charge in [-0.05, 0) is 102 Å². The van der Waals surface area contributed by atoms with Crippen molar-refractivity contribution >= 4 is 34.0 Å². The van der Waals surface area contributed by atoms with Crippen LogP contribution in [-0.4, -0.2) is 108 Å². The third-order valence-corrected chi connectivity index (χ3v) is 27.0. The van der Waals surface area contributed by atoms with E-state index in [2.05, 4.69) is 166 Å².